The van der Waals surface area contributed by atoms with Crippen LogP contribution in [-0.2, 0) is 0 Å². The number of thiol groups is 1. The van der Waals surface area contributed by atoms with Crippen molar-refractivity contribution in [2.24, 2.45) is 0 Å². The van der Waals surface area contributed by atoms with Gasteiger partial charge in [-0.15, -0.1) is 0 Å². The molecular weight excluding hydrogens is 170 g/mol. The average molecular weight is 191 g/mol. The van der Waals surface area contributed by atoms with Crippen molar-refractivity contribution in [3.63, 3.8) is 0 Å². The highest BCUT2D eigenvalue weighted by Gasteiger charge is 2.25. The van der Waals surface area contributed by atoms with Gasteiger partial charge in [-0.25, -0.2) is 0 Å². The minimum Gasteiger partial charge on any atom is -0.391 e. The Bertz CT molecular complexity index is 117. The summed E-state index contributed by atoms with van der Waals surface area (Å²) in [6.45, 7) is 6.97. The molecule has 0 aliphatic heterocycles. The van der Waals surface area contributed by atoms with Crippen molar-refractivity contribution < 1.29 is 5.11 Å². The maximum Gasteiger partial charge on any atom is 0.0716 e. The SMILES string of the molecule is CCCC(O)C(C)(C)NCCS. The first-order chi connectivity index (χ1) is 5.54. The molecule has 0 aromatic rings. The molecule has 1 atom stereocenters. The van der Waals surface area contributed by atoms with E-state index in [1.54, 1.807) is 0 Å². The molecule has 0 rings (SSSR count). The van der Waals surface area contributed by atoms with Crippen molar-refractivity contribution in [1.82, 2.24) is 5.32 Å². The molecule has 0 saturated carbocycles. The predicted molar refractivity (Wildman–Crippen MR) is 56.8 cm³/mol. The molecule has 0 aromatic carbocycles. The molecule has 0 radical (unpaired) electrons. The summed E-state index contributed by atoms with van der Waals surface area (Å²) in [5, 5.41) is 13.0. The molecule has 0 heterocycles. The molecule has 0 fully saturated rings. The van der Waals surface area contributed by atoms with Gasteiger partial charge < -0.3 is 10.4 Å². The summed E-state index contributed by atoms with van der Waals surface area (Å²) in [7, 11) is 0. The molecule has 2 nitrogen and oxygen atoms in total. The molecule has 74 valence electrons. The van der Waals surface area contributed by atoms with Crippen LogP contribution < -0.4 is 5.32 Å². The molecule has 0 aliphatic carbocycles. The van der Waals surface area contributed by atoms with E-state index >= 15 is 0 Å². The third-order valence-electron chi connectivity index (χ3n) is 2.09. The third-order valence-corrected chi connectivity index (χ3v) is 2.31. The molecule has 0 bridgehead atoms. The Morgan fingerprint density at radius 2 is 2.08 bits per heavy atom. The third kappa shape index (κ3) is 4.33. The van der Waals surface area contributed by atoms with E-state index < -0.39 is 0 Å². The normalized spacial score (nSPS) is 14.8. The van der Waals surface area contributed by atoms with Crippen molar-refractivity contribution in [1.29, 1.82) is 0 Å². The van der Waals surface area contributed by atoms with E-state index in [1.807, 2.05) is 13.8 Å². The summed E-state index contributed by atoms with van der Waals surface area (Å²) >= 11 is 4.11. The first-order valence-corrected chi connectivity index (χ1v) is 5.21. The van der Waals surface area contributed by atoms with Gasteiger partial charge in [0.05, 0.1) is 6.10 Å². The fourth-order valence-electron chi connectivity index (χ4n) is 1.13. The largest absolute Gasteiger partial charge is 0.391 e. The van der Waals surface area contributed by atoms with E-state index in [-0.39, 0.29) is 11.6 Å². The van der Waals surface area contributed by atoms with Crippen LogP contribution in [0.25, 0.3) is 0 Å². The molecule has 12 heavy (non-hydrogen) atoms. The Balaban J connectivity index is 3.81. The van der Waals surface area contributed by atoms with Crippen molar-refractivity contribution in [2.45, 2.75) is 45.3 Å². The number of rotatable bonds is 6. The number of hydrogen-bond donors (Lipinski definition) is 3. The summed E-state index contributed by atoms with van der Waals surface area (Å²) in [5.41, 5.74) is -0.182. The molecule has 1 unspecified atom stereocenters. The van der Waals surface area contributed by atoms with Gasteiger partial charge in [-0.05, 0) is 20.3 Å². The highest BCUT2D eigenvalue weighted by Crippen LogP contribution is 2.13. The Labute approximate surface area is 81.2 Å². The molecule has 0 aromatic heterocycles. The van der Waals surface area contributed by atoms with Gasteiger partial charge >= 0.3 is 0 Å². The first kappa shape index (κ1) is 12.3. The fraction of sp³-hybridized carbons (Fsp3) is 1.00. The second kappa shape index (κ2) is 5.84. The summed E-state index contributed by atoms with van der Waals surface area (Å²) in [6.07, 6.45) is 1.61. The van der Waals surface area contributed by atoms with Gasteiger partial charge in [0.2, 0.25) is 0 Å². The lowest BCUT2D eigenvalue weighted by Crippen LogP contribution is -2.50. The Morgan fingerprint density at radius 1 is 1.50 bits per heavy atom. The highest BCUT2D eigenvalue weighted by molar-refractivity contribution is 7.80. The maximum absolute atomic E-state index is 9.72. The second-order valence-corrected chi connectivity index (χ2v) is 4.12. The zero-order chi connectivity index (χ0) is 9.61. The van der Waals surface area contributed by atoms with Gasteiger partial charge in [0.25, 0.3) is 0 Å². The summed E-state index contributed by atoms with van der Waals surface area (Å²) in [5.74, 6) is 0.808. The standard InChI is InChI=1S/C9H21NOS/c1-4-5-8(11)9(2,3)10-6-7-12/h8,10-12H,4-7H2,1-3H3. The van der Waals surface area contributed by atoms with E-state index in [2.05, 4.69) is 24.9 Å². The summed E-state index contributed by atoms with van der Waals surface area (Å²) < 4.78 is 0. The van der Waals surface area contributed by atoms with E-state index in [0.29, 0.717) is 0 Å². The van der Waals surface area contributed by atoms with E-state index in [4.69, 9.17) is 0 Å². The van der Waals surface area contributed by atoms with Gasteiger partial charge in [-0.3, -0.25) is 0 Å². The van der Waals surface area contributed by atoms with Gasteiger partial charge in [0.1, 0.15) is 0 Å². The van der Waals surface area contributed by atoms with E-state index in [1.165, 1.54) is 0 Å². The van der Waals surface area contributed by atoms with Crippen LogP contribution in [0.5, 0.6) is 0 Å². The fourth-order valence-corrected chi connectivity index (χ4v) is 1.24. The van der Waals surface area contributed by atoms with Gasteiger partial charge in [0.15, 0.2) is 0 Å². The van der Waals surface area contributed by atoms with Crippen LogP contribution in [-0.4, -0.2) is 29.0 Å². The number of hydrogen-bond acceptors (Lipinski definition) is 3. The quantitative estimate of drug-likeness (QED) is 0.555. The lowest BCUT2D eigenvalue weighted by atomic mass is 9.94. The van der Waals surface area contributed by atoms with Crippen LogP contribution in [0, 0.1) is 0 Å². The van der Waals surface area contributed by atoms with Gasteiger partial charge in [0, 0.05) is 17.8 Å². The lowest BCUT2D eigenvalue weighted by Gasteiger charge is -2.31. The molecule has 0 saturated heterocycles. The average Bonchev–Trinajstić information content (AvgIpc) is 2.01. The van der Waals surface area contributed by atoms with Crippen molar-refractivity contribution >= 4 is 12.6 Å². The Morgan fingerprint density at radius 3 is 2.50 bits per heavy atom. The molecule has 0 aliphatic rings. The van der Waals surface area contributed by atoms with E-state index in [0.717, 1.165) is 25.1 Å². The second-order valence-electron chi connectivity index (χ2n) is 3.68. The zero-order valence-corrected chi connectivity index (χ0v) is 9.19. The van der Waals surface area contributed by atoms with Crippen molar-refractivity contribution in [3.05, 3.63) is 0 Å². The molecular formula is C9H21NOS. The first-order valence-electron chi connectivity index (χ1n) is 4.58. The Hall–Kier alpha value is 0.270. The van der Waals surface area contributed by atoms with Gasteiger partial charge in [-0.2, -0.15) is 12.6 Å². The zero-order valence-electron chi connectivity index (χ0n) is 8.30. The molecule has 3 heteroatoms. The van der Waals surface area contributed by atoms with E-state index in [9.17, 15) is 5.11 Å². The topological polar surface area (TPSA) is 32.3 Å². The highest BCUT2D eigenvalue weighted by atomic mass is 32.1. The smallest absolute Gasteiger partial charge is 0.0716 e. The van der Waals surface area contributed by atoms with Crippen LogP contribution in [0.15, 0.2) is 0 Å². The molecule has 0 spiro atoms. The minimum atomic E-state index is -0.262. The van der Waals surface area contributed by atoms with Crippen molar-refractivity contribution in [3.8, 4) is 0 Å². The number of aliphatic hydroxyl groups is 1. The van der Waals surface area contributed by atoms with Crippen LogP contribution >= 0.6 is 12.6 Å². The van der Waals surface area contributed by atoms with Crippen molar-refractivity contribution in [2.75, 3.05) is 12.3 Å². The molecule has 0 amide bonds. The maximum atomic E-state index is 9.72. The van der Waals surface area contributed by atoms with Crippen LogP contribution in [0.1, 0.15) is 33.6 Å². The van der Waals surface area contributed by atoms with Crippen LogP contribution in [0.2, 0.25) is 0 Å². The summed E-state index contributed by atoms with van der Waals surface area (Å²) in [4.78, 5) is 0. The number of aliphatic hydroxyl groups excluding tert-OH is 1. The van der Waals surface area contributed by atoms with Gasteiger partial charge in [-0.1, -0.05) is 13.3 Å². The molecule has 2 N–H and O–H groups in total. The minimum absolute atomic E-state index is 0.182. The predicted octanol–water partition coefficient (Wildman–Crippen LogP) is 1.45. The van der Waals surface area contributed by atoms with Crippen LogP contribution in [0.3, 0.4) is 0 Å². The number of nitrogens with one attached hydrogen (secondary N) is 1. The lowest BCUT2D eigenvalue weighted by molar-refractivity contribution is 0.0735. The monoisotopic (exact) mass is 191 g/mol. The van der Waals surface area contributed by atoms with Crippen LogP contribution in [0.4, 0.5) is 0 Å². The Kier molecular flexibility index (Phi) is 5.97. The summed E-state index contributed by atoms with van der Waals surface area (Å²) in [6, 6.07) is 0.